The SMILES string of the molecule is CC(=O)[C@@H]1[C@H](C(=O)c2ccco2)[C@]2(C(=O)Nc3ccccc32)[C@@H]2C=Cc3cc(Cl)ccc3N12. The van der Waals surface area contributed by atoms with Crippen molar-refractivity contribution in [3.05, 3.63) is 88.8 Å². The van der Waals surface area contributed by atoms with E-state index in [9.17, 15) is 14.4 Å². The second-order valence-electron chi connectivity index (χ2n) is 8.66. The van der Waals surface area contributed by atoms with Crippen LogP contribution in [-0.4, -0.2) is 29.6 Å². The molecular weight excluding hydrogens is 440 g/mol. The van der Waals surface area contributed by atoms with E-state index in [1.807, 2.05) is 53.5 Å². The number of nitrogens with one attached hydrogen (secondary N) is 1. The maximum absolute atomic E-state index is 14.0. The van der Waals surface area contributed by atoms with E-state index in [-0.39, 0.29) is 23.2 Å². The smallest absolute Gasteiger partial charge is 0.238 e. The number of Topliss-reactive ketones (excluding diaryl/α,β-unsaturated/α-hetero) is 2. The Morgan fingerprint density at radius 1 is 1.12 bits per heavy atom. The fourth-order valence-electron chi connectivity index (χ4n) is 5.88. The maximum atomic E-state index is 14.0. The van der Waals surface area contributed by atoms with Crippen LogP contribution in [0.15, 0.2) is 71.4 Å². The third-order valence-electron chi connectivity index (χ3n) is 7.06. The van der Waals surface area contributed by atoms with Crippen LogP contribution in [0.5, 0.6) is 0 Å². The number of furan rings is 1. The number of hydrogen-bond acceptors (Lipinski definition) is 5. The molecular formula is C26H19ClN2O4. The van der Waals surface area contributed by atoms with E-state index in [0.717, 1.165) is 11.3 Å². The molecule has 3 aromatic rings. The molecule has 4 heterocycles. The molecule has 6 rings (SSSR count). The molecule has 0 radical (unpaired) electrons. The van der Waals surface area contributed by atoms with Gasteiger partial charge in [0, 0.05) is 16.4 Å². The van der Waals surface area contributed by atoms with Gasteiger partial charge in [-0.2, -0.15) is 0 Å². The fourth-order valence-corrected chi connectivity index (χ4v) is 6.06. The standard InChI is InChI=1S/C26H19ClN2O4/c1-14(30)23-22(24(31)20-7-4-12-33-20)26(17-5-2-3-6-18(17)28-25(26)32)21-11-8-15-13-16(27)9-10-19(15)29(21)23/h2-13,21-23H,1H3,(H,28,32)/t21-,22+,23+,26+/m0/s1. The van der Waals surface area contributed by atoms with Crippen LogP contribution in [0.25, 0.3) is 6.08 Å². The van der Waals surface area contributed by atoms with Gasteiger partial charge in [-0.15, -0.1) is 0 Å². The predicted molar refractivity (Wildman–Crippen MR) is 125 cm³/mol. The van der Waals surface area contributed by atoms with Gasteiger partial charge in [0.1, 0.15) is 5.41 Å². The summed E-state index contributed by atoms with van der Waals surface area (Å²) in [6.45, 7) is 1.47. The number of hydrogen-bond donors (Lipinski definition) is 1. The minimum atomic E-state index is -1.30. The number of nitrogens with zero attached hydrogens (tertiary/aromatic N) is 1. The molecule has 1 saturated heterocycles. The first-order valence-electron chi connectivity index (χ1n) is 10.7. The first-order valence-corrected chi connectivity index (χ1v) is 11.1. The van der Waals surface area contributed by atoms with E-state index in [0.29, 0.717) is 16.3 Å². The van der Waals surface area contributed by atoms with E-state index in [2.05, 4.69) is 5.32 Å². The van der Waals surface area contributed by atoms with Crippen LogP contribution in [0.1, 0.15) is 28.6 Å². The lowest BCUT2D eigenvalue weighted by Gasteiger charge is -2.37. The summed E-state index contributed by atoms with van der Waals surface area (Å²) in [6, 6.07) is 14.6. The number of benzene rings is 2. The Morgan fingerprint density at radius 3 is 2.70 bits per heavy atom. The fraction of sp³-hybridized carbons (Fsp3) is 0.192. The molecule has 2 aromatic carbocycles. The van der Waals surface area contributed by atoms with Gasteiger partial charge in [0.15, 0.2) is 11.5 Å². The summed E-state index contributed by atoms with van der Waals surface area (Å²) < 4.78 is 5.45. The third kappa shape index (κ3) is 2.52. The van der Waals surface area contributed by atoms with Crippen LogP contribution >= 0.6 is 11.6 Å². The Hall–Kier alpha value is -3.64. The first-order chi connectivity index (χ1) is 15.9. The van der Waals surface area contributed by atoms with Crippen LogP contribution in [0.4, 0.5) is 11.4 Å². The summed E-state index contributed by atoms with van der Waals surface area (Å²) in [5, 5.41) is 3.54. The molecule has 4 atom stereocenters. The van der Waals surface area contributed by atoms with Crippen molar-refractivity contribution in [2.75, 3.05) is 10.2 Å². The summed E-state index contributed by atoms with van der Waals surface area (Å²) >= 11 is 6.23. The Balaban J connectivity index is 1.67. The van der Waals surface area contributed by atoms with Crippen molar-refractivity contribution >= 4 is 46.5 Å². The summed E-state index contributed by atoms with van der Waals surface area (Å²) in [6.07, 6.45) is 5.24. The molecule has 1 aromatic heterocycles. The maximum Gasteiger partial charge on any atom is 0.238 e. The van der Waals surface area contributed by atoms with Crippen LogP contribution in [0.3, 0.4) is 0 Å². The number of rotatable bonds is 3. The number of amides is 1. The van der Waals surface area contributed by atoms with E-state index < -0.39 is 23.4 Å². The highest BCUT2D eigenvalue weighted by molar-refractivity contribution is 6.31. The Morgan fingerprint density at radius 2 is 1.94 bits per heavy atom. The monoisotopic (exact) mass is 458 g/mol. The average Bonchev–Trinajstić information content (AvgIpc) is 3.50. The minimum absolute atomic E-state index is 0.128. The van der Waals surface area contributed by atoms with Crippen LogP contribution < -0.4 is 10.2 Å². The van der Waals surface area contributed by atoms with Crippen molar-refractivity contribution in [1.82, 2.24) is 0 Å². The molecule has 1 N–H and O–H groups in total. The molecule has 3 aliphatic heterocycles. The topological polar surface area (TPSA) is 79.6 Å². The Labute approximate surface area is 194 Å². The molecule has 3 aliphatic rings. The number of halogens is 1. The number of carbonyl (C=O) groups excluding carboxylic acids is 3. The molecule has 0 unspecified atom stereocenters. The number of carbonyl (C=O) groups is 3. The summed E-state index contributed by atoms with van der Waals surface area (Å²) in [7, 11) is 0. The predicted octanol–water partition coefficient (Wildman–Crippen LogP) is 4.50. The van der Waals surface area contributed by atoms with Crippen molar-refractivity contribution in [3.8, 4) is 0 Å². The number of fused-ring (bicyclic) bond motifs is 6. The summed E-state index contributed by atoms with van der Waals surface area (Å²) in [4.78, 5) is 42.9. The zero-order valence-corrected chi connectivity index (χ0v) is 18.4. The third-order valence-corrected chi connectivity index (χ3v) is 7.29. The highest BCUT2D eigenvalue weighted by Crippen LogP contribution is 2.57. The van der Waals surface area contributed by atoms with Gasteiger partial charge in [-0.05, 0) is 54.4 Å². The van der Waals surface area contributed by atoms with E-state index >= 15 is 0 Å². The van der Waals surface area contributed by atoms with Gasteiger partial charge in [0.25, 0.3) is 0 Å². The molecule has 6 nitrogen and oxygen atoms in total. The first kappa shape index (κ1) is 20.0. The Kier molecular flexibility index (Phi) is 4.20. The van der Waals surface area contributed by atoms with Gasteiger partial charge in [-0.25, -0.2) is 0 Å². The second kappa shape index (κ2) is 6.93. The molecule has 164 valence electrons. The normalized spacial score (nSPS) is 26.7. The highest BCUT2D eigenvalue weighted by Gasteiger charge is 2.70. The van der Waals surface area contributed by atoms with Crippen molar-refractivity contribution in [2.24, 2.45) is 5.92 Å². The zero-order chi connectivity index (χ0) is 22.9. The molecule has 0 aliphatic carbocycles. The molecule has 7 heteroatoms. The molecule has 0 saturated carbocycles. The average molecular weight is 459 g/mol. The van der Waals surface area contributed by atoms with Gasteiger partial charge >= 0.3 is 0 Å². The van der Waals surface area contributed by atoms with Gasteiger partial charge in [0.2, 0.25) is 11.7 Å². The van der Waals surface area contributed by atoms with E-state index in [1.54, 1.807) is 18.2 Å². The van der Waals surface area contributed by atoms with E-state index in [1.165, 1.54) is 13.2 Å². The lowest BCUT2D eigenvalue weighted by atomic mass is 9.65. The van der Waals surface area contributed by atoms with Crippen molar-refractivity contribution in [2.45, 2.75) is 24.4 Å². The number of ketones is 2. The minimum Gasteiger partial charge on any atom is -0.461 e. The molecule has 1 fully saturated rings. The summed E-state index contributed by atoms with van der Waals surface area (Å²) in [5.74, 6) is -1.72. The van der Waals surface area contributed by atoms with Gasteiger partial charge in [-0.1, -0.05) is 42.0 Å². The largest absolute Gasteiger partial charge is 0.461 e. The quantitative estimate of drug-likeness (QED) is 0.585. The lowest BCUT2D eigenvalue weighted by molar-refractivity contribution is -0.122. The number of anilines is 2. The van der Waals surface area contributed by atoms with Crippen molar-refractivity contribution < 1.29 is 18.8 Å². The van der Waals surface area contributed by atoms with Crippen molar-refractivity contribution in [3.63, 3.8) is 0 Å². The zero-order valence-electron chi connectivity index (χ0n) is 17.6. The summed E-state index contributed by atoms with van der Waals surface area (Å²) in [5.41, 5.74) is 1.65. The molecule has 0 bridgehead atoms. The Bertz CT molecular complexity index is 1360. The van der Waals surface area contributed by atoms with E-state index in [4.69, 9.17) is 16.0 Å². The number of para-hydroxylation sites is 1. The molecule has 1 amide bonds. The second-order valence-corrected chi connectivity index (χ2v) is 9.09. The van der Waals surface area contributed by atoms with Gasteiger partial charge < -0.3 is 14.6 Å². The van der Waals surface area contributed by atoms with Gasteiger partial charge in [0.05, 0.1) is 24.3 Å². The molecule has 1 spiro atoms. The lowest BCUT2D eigenvalue weighted by Crippen LogP contribution is -2.51. The van der Waals surface area contributed by atoms with Crippen LogP contribution in [-0.2, 0) is 15.0 Å². The highest BCUT2D eigenvalue weighted by atomic mass is 35.5. The van der Waals surface area contributed by atoms with Crippen LogP contribution in [0.2, 0.25) is 5.02 Å². The van der Waals surface area contributed by atoms with Gasteiger partial charge in [-0.3, -0.25) is 14.4 Å². The molecule has 33 heavy (non-hydrogen) atoms. The van der Waals surface area contributed by atoms with Crippen LogP contribution in [0, 0.1) is 5.92 Å². The van der Waals surface area contributed by atoms with Crippen molar-refractivity contribution in [1.29, 1.82) is 0 Å².